The molecule has 27 heavy (non-hydrogen) atoms. The van der Waals surface area contributed by atoms with Crippen LogP contribution in [0.5, 0.6) is 5.75 Å². The second-order valence-corrected chi connectivity index (χ2v) is 7.22. The fourth-order valence-electron chi connectivity index (χ4n) is 3.76. The Morgan fingerprint density at radius 3 is 2.33 bits per heavy atom. The number of ether oxygens (including phenoxy) is 1. The van der Waals surface area contributed by atoms with Gasteiger partial charge in [0, 0.05) is 26.2 Å². The molecule has 7 heteroatoms. The summed E-state index contributed by atoms with van der Waals surface area (Å²) in [6.07, 6.45) is 2.56. The minimum Gasteiger partial charge on any atom is -0.484 e. The summed E-state index contributed by atoms with van der Waals surface area (Å²) in [4.78, 5) is 39.8. The molecule has 3 rings (SSSR count). The Morgan fingerprint density at radius 1 is 0.963 bits per heavy atom. The zero-order valence-electron chi connectivity index (χ0n) is 15.4. The monoisotopic (exact) mass is 374 g/mol. The highest BCUT2D eigenvalue weighted by molar-refractivity contribution is 5.82. The van der Waals surface area contributed by atoms with Crippen LogP contribution in [0, 0.1) is 11.8 Å². The Hall–Kier alpha value is -2.57. The zero-order chi connectivity index (χ0) is 19.2. The Kier molecular flexibility index (Phi) is 6.32. The van der Waals surface area contributed by atoms with E-state index in [0.717, 1.165) is 12.8 Å². The number of rotatable bonds is 5. The SMILES string of the molecule is O=C(O)C1CCN(C(=O)C2CCCN(C(=O)COc3ccccc3)C2)CC1. The van der Waals surface area contributed by atoms with E-state index in [1.807, 2.05) is 18.2 Å². The molecule has 2 fully saturated rings. The van der Waals surface area contributed by atoms with E-state index >= 15 is 0 Å². The van der Waals surface area contributed by atoms with Gasteiger partial charge in [-0.1, -0.05) is 18.2 Å². The highest BCUT2D eigenvalue weighted by atomic mass is 16.5. The van der Waals surface area contributed by atoms with Gasteiger partial charge < -0.3 is 19.6 Å². The van der Waals surface area contributed by atoms with Gasteiger partial charge in [-0.3, -0.25) is 14.4 Å². The first-order valence-corrected chi connectivity index (χ1v) is 9.52. The summed E-state index contributed by atoms with van der Waals surface area (Å²) in [6, 6.07) is 9.19. The Labute approximate surface area is 158 Å². The van der Waals surface area contributed by atoms with Crippen molar-refractivity contribution >= 4 is 17.8 Å². The second-order valence-electron chi connectivity index (χ2n) is 7.22. The normalized spacial score (nSPS) is 21.0. The predicted octanol–water partition coefficient (Wildman–Crippen LogP) is 1.63. The summed E-state index contributed by atoms with van der Waals surface area (Å²) in [5.41, 5.74) is 0. The first-order valence-electron chi connectivity index (χ1n) is 9.52. The van der Waals surface area contributed by atoms with Gasteiger partial charge >= 0.3 is 5.97 Å². The maximum Gasteiger partial charge on any atom is 0.306 e. The van der Waals surface area contributed by atoms with E-state index < -0.39 is 5.97 Å². The molecule has 0 aromatic heterocycles. The third-order valence-corrected chi connectivity index (χ3v) is 5.38. The van der Waals surface area contributed by atoms with Crippen LogP contribution in [0.4, 0.5) is 0 Å². The van der Waals surface area contributed by atoms with Gasteiger partial charge in [0.25, 0.3) is 5.91 Å². The van der Waals surface area contributed by atoms with Crippen molar-refractivity contribution in [3.05, 3.63) is 30.3 Å². The van der Waals surface area contributed by atoms with Gasteiger partial charge in [0.15, 0.2) is 6.61 Å². The number of piperidine rings is 2. The number of aliphatic carboxylic acids is 1. The fraction of sp³-hybridized carbons (Fsp3) is 0.550. The van der Waals surface area contributed by atoms with Crippen LogP contribution < -0.4 is 4.74 Å². The van der Waals surface area contributed by atoms with Crippen LogP contribution >= 0.6 is 0 Å². The molecular weight excluding hydrogens is 348 g/mol. The lowest BCUT2D eigenvalue weighted by molar-refractivity contribution is -0.148. The molecule has 1 unspecified atom stereocenters. The van der Waals surface area contributed by atoms with Gasteiger partial charge in [0.1, 0.15) is 5.75 Å². The summed E-state index contributed by atoms with van der Waals surface area (Å²) >= 11 is 0. The Bertz CT molecular complexity index is 670. The number of nitrogens with zero attached hydrogens (tertiary/aromatic N) is 2. The molecule has 2 aliphatic rings. The highest BCUT2D eigenvalue weighted by Crippen LogP contribution is 2.23. The standard InChI is InChI=1S/C20H26N2O5/c23-18(14-27-17-6-2-1-3-7-17)22-10-4-5-16(13-22)19(24)21-11-8-15(9-12-21)20(25)26/h1-3,6-7,15-16H,4-5,8-14H2,(H,25,26). The first-order chi connectivity index (χ1) is 13.0. The molecule has 0 saturated carbocycles. The van der Waals surface area contributed by atoms with Crippen LogP contribution in [0.3, 0.4) is 0 Å². The number of carboxylic acids is 1. The van der Waals surface area contributed by atoms with E-state index in [4.69, 9.17) is 9.84 Å². The minimum absolute atomic E-state index is 0.0328. The van der Waals surface area contributed by atoms with Crippen LogP contribution in [0.15, 0.2) is 30.3 Å². The molecule has 1 N–H and O–H groups in total. The average molecular weight is 374 g/mol. The van der Waals surface area contributed by atoms with Crippen molar-refractivity contribution in [1.29, 1.82) is 0 Å². The molecule has 0 aliphatic carbocycles. The lowest BCUT2D eigenvalue weighted by Gasteiger charge is -2.37. The first kappa shape index (κ1) is 19.2. The van der Waals surface area contributed by atoms with Crippen LogP contribution in [0.25, 0.3) is 0 Å². The smallest absolute Gasteiger partial charge is 0.306 e. The maximum atomic E-state index is 12.8. The average Bonchev–Trinajstić information content (AvgIpc) is 2.72. The molecule has 1 aromatic carbocycles. The topological polar surface area (TPSA) is 87.2 Å². The molecule has 2 aliphatic heterocycles. The number of benzene rings is 1. The Morgan fingerprint density at radius 2 is 1.67 bits per heavy atom. The van der Waals surface area contributed by atoms with Gasteiger partial charge in [0.2, 0.25) is 5.91 Å². The van der Waals surface area contributed by atoms with Crippen molar-refractivity contribution in [3.8, 4) is 5.75 Å². The van der Waals surface area contributed by atoms with Gasteiger partial charge in [-0.2, -0.15) is 0 Å². The number of carbonyl (C=O) groups excluding carboxylic acids is 2. The summed E-state index contributed by atoms with van der Waals surface area (Å²) in [5, 5.41) is 9.08. The van der Waals surface area contributed by atoms with Crippen molar-refractivity contribution in [2.24, 2.45) is 11.8 Å². The number of para-hydroxylation sites is 1. The zero-order valence-corrected chi connectivity index (χ0v) is 15.4. The van der Waals surface area contributed by atoms with E-state index in [9.17, 15) is 14.4 Å². The van der Waals surface area contributed by atoms with E-state index in [1.165, 1.54) is 0 Å². The van der Waals surface area contributed by atoms with Gasteiger partial charge in [-0.05, 0) is 37.8 Å². The quantitative estimate of drug-likeness (QED) is 0.846. The van der Waals surface area contributed by atoms with Gasteiger partial charge in [-0.25, -0.2) is 0 Å². The summed E-state index contributed by atoms with van der Waals surface area (Å²) < 4.78 is 5.53. The Balaban J connectivity index is 1.49. The lowest BCUT2D eigenvalue weighted by atomic mass is 9.93. The van der Waals surface area contributed by atoms with Gasteiger partial charge in [0.05, 0.1) is 11.8 Å². The third kappa shape index (κ3) is 4.99. The van der Waals surface area contributed by atoms with Crippen LogP contribution in [0.2, 0.25) is 0 Å². The molecule has 0 radical (unpaired) electrons. The van der Waals surface area contributed by atoms with E-state index in [2.05, 4.69) is 0 Å². The van der Waals surface area contributed by atoms with Crippen molar-refractivity contribution in [2.75, 3.05) is 32.8 Å². The minimum atomic E-state index is -0.782. The van der Waals surface area contributed by atoms with Crippen LogP contribution in [-0.2, 0) is 14.4 Å². The van der Waals surface area contributed by atoms with Crippen molar-refractivity contribution in [3.63, 3.8) is 0 Å². The van der Waals surface area contributed by atoms with Crippen molar-refractivity contribution < 1.29 is 24.2 Å². The molecule has 1 atom stereocenters. The summed E-state index contributed by atoms with van der Waals surface area (Å²) in [6.45, 7) is 1.99. The molecule has 2 heterocycles. The van der Waals surface area contributed by atoms with E-state index in [-0.39, 0.29) is 30.3 Å². The second kappa shape index (κ2) is 8.88. The number of carboxylic acid groups (broad SMARTS) is 1. The number of hydrogen-bond donors (Lipinski definition) is 1. The van der Waals surface area contributed by atoms with E-state index in [0.29, 0.717) is 44.8 Å². The largest absolute Gasteiger partial charge is 0.484 e. The highest BCUT2D eigenvalue weighted by Gasteiger charge is 2.34. The lowest BCUT2D eigenvalue weighted by Crippen LogP contribution is -2.49. The molecule has 146 valence electrons. The van der Waals surface area contributed by atoms with E-state index in [1.54, 1.807) is 21.9 Å². The number of likely N-dealkylation sites (tertiary alicyclic amines) is 2. The number of hydrogen-bond acceptors (Lipinski definition) is 4. The molecule has 0 spiro atoms. The number of carbonyl (C=O) groups is 3. The molecular formula is C20H26N2O5. The molecule has 2 saturated heterocycles. The fourth-order valence-corrected chi connectivity index (χ4v) is 3.76. The molecule has 1 aromatic rings. The third-order valence-electron chi connectivity index (χ3n) is 5.38. The van der Waals surface area contributed by atoms with Crippen molar-refractivity contribution in [2.45, 2.75) is 25.7 Å². The van der Waals surface area contributed by atoms with Crippen LogP contribution in [0.1, 0.15) is 25.7 Å². The molecule has 2 amide bonds. The van der Waals surface area contributed by atoms with Crippen molar-refractivity contribution in [1.82, 2.24) is 9.80 Å². The van der Waals surface area contributed by atoms with Crippen LogP contribution in [-0.4, -0.2) is 65.5 Å². The maximum absolute atomic E-state index is 12.8. The molecule has 0 bridgehead atoms. The predicted molar refractivity (Wildman–Crippen MR) is 98.2 cm³/mol. The van der Waals surface area contributed by atoms with Gasteiger partial charge in [-0.15, -0.1) is 0 Å². The summed E-state index contributed by atoms with van der Waals surface area (Å²) in [7, 11) is 0. The number of amides is 2. The summed E-state index contributed by atoms with van der Waals surface area (Å²) in [5.74, 6) is -0.762. The molecule has 7 nitrogen and oxygen atoms in total.